The minimum atomic E-state index is -0.0730. The molecule has 38 heavy (non-hydrogen) atoms. The molecular weight excluding hydrogens is 492 g/mol. The molecule has 5 nitrogen and oxygen atoms in total. The SMILES string of the molecule is C#Cc1cccc(-c2cc(=O)n(CCN(C)C)c3ccc([C@H](c4ccc(Cl)cc4)c4cncn4C)cc23)c1. The fourth-order valence-corrected chi connectivity index (χ4v) is 5.09. The van der Waals surface area contributed by atoms with Crippen LogP contribution >= 0.6 is 11.6 Å². The summed E-state index contributed by atoms with van der Waals surface area (Å²) in [5, 5.41) is 1.69. The van der Waals surface area contributed by atoms with Gasteiger partial charge in [0.2, 0.25) is 0 Å². The molecule has 0 aliphatic carbocycles. The Labute approximate surface area is 227 Å². The number of likely N-dealkylation sites (N-methyl/N-ethyl adjacent to an activating group) is 1. The number of aromatic nitrogens is 3. The average Bonchev–Trinajstić information content (AvgIpc) is 3.34. The molecule has 0 amide bonds. The molecule has 5 aromatic rings. The van der Waals surface area contributed by atoms with Crippen molar-refractivity contribution in [3.8, 4) is 23.5 Å². The summed E-state index contributed by atoms with van der Waals surface area (Å²) >= 11 is 6.23. The summed E-state index contributed by atoms with van der Waals surface area (Å²) in [6, 6.07) is 23.8. The van der Waals surface area contributed by atoms with Crippen LogP contribution in [0, 0.1) is 12.3 Å². The van der Waals surface area contributed by atoms with Crippen molar-refractivity contribution in [2.45, 2.75) is 12.5 Å². The van der Waals surface area contributed by atoms with Crippen molar-refractivity contribution in [1.82, 2.24) is 19.0 Å². The molecule has 0 fully saturated rings. The number of rotatable bonds is 7. The number of imidazole rings is 1. The summed E-state index contributed by atoms with van der Waals surface area (Å²) in [4.78, 5) is 19.8. The van der Waals surface area contributed by atoms with Gasteiger partial charge >= 0.3 is 0 Å². The molecule has 0 saturated carbocycles. The molecule has 0 aliphatic rings. The lowest BCUT2D eigenvalue weighted by atomic mass is 9.87. The number of terminal acetylenes is 1. The minimum absolute atomic E-state index is 0.0332. The van der Waals surface area contributed by atoms with E-state index in [4.69, 9.17) is 18.0 Å². The number of aryl methyl sites for hydroxylation is 1. The first kappa shape index (κ1) is 25.5. The Hall–Kier alpha value is -4.11. The molecular formula is C32H29ClN4O. The lowest BCUT2D eigenvalue weighted by Crippen LogP contribution is -2.26. The fraction of sp³-hybridized carbons (Fsp3) is 0.188. The summed E-state index contributed by atoms with van der Waals surface area (Å²) in [6.07, 6.45) is 9.42. The van der Waals surface area contributed by atoms with Gasteiger partial charge < -0.3 is 14.0 Å². The maximum atomic E-state index is 13.4. The van der Waals surface area contributed by atoms with Crippen LogP contribution in [0.4, 0.5) is 0 Å². The van der Waals surface area contributed by atoms with Crippen molar-refractivity contribution in [2.75, 3.05) is 20.6 Å². The first-order chi connectivity index (χ1) is 18.4. The monoisotopic (exact) mass is 520 g/mol. The highest BCUT2D eigenvalue weighted by molar-refractivity contribution is 6.30. The third-order valence-corrected chi connectivity index (χ3v) is 7.18. The maximum Gasteiger partial charge on any atom is 0.251 e. The summed E-state index contributed by atoms with van der Waals surface area (Å²) in [5.41, 5.74) is 6.68. The normalized spacial score (nSPS) is 12.1. The van der Waals surface area contributed by atoms with Crippen LogP contribution in [-0.4, -0.2) is 39.7 Å². The second-order valence-corrected chi connectivity index (χ2v) is 10.2. The lowest BCUT2D eigenvalue weighted by Gasteiger charge is -2.21. The van der Waals surface area contributed by atoms with Crippen LogP contribution in [0.3, 0.4) is 0 Å². The molecule has 0 unspecified atom stereocenters. The third-order valence-electron chi connectivity index (χ3n) is 6.93. The van der Waals surface area contributed by atoms with Gasteiger partial charge in [-0.3, -0.25) is 4.79 Å². The predicted octanol–water partition coefficient (Wildman–Crippen LogP) is 5.78. The van der Waals surface area contributed by atoms with Crippen LogP contribution in [0.15, 0.2) is 90.1 Å². The van der Waals surface area contributed by atoms with Gasteiger partial charge in [-0.15, -0.1) is 6.42 Å². The average molecular weight is 521 g/mol. The van der Waals surface area contributed by atoms with E-state index in [1.165, 1.54) is 0 Å². The topological polar surface area (TPSA) is 43.1 Å². The predicted molar refractivity (Wildman–Crippen MR) is 156 cm³/mol. The van der Waals surface area contributed by atoms with Gasteiger partial charge in [-0.05, 0) is 72.7 Å². The Bertz CT molecular complexity index is 1710. The van der Waals surface area contributed by atoms with E-state index in [1.54, 1.807) is 6.07 Å². The summed E-state index contributed by atoms with van der Waals surface area (Å²) in [5.74, 6) is 2.64. The number of fused-ring (bicyclic) bond motifs is 1. The first-order valence-corrected chi connectivity index (χ1v) is 12.8. The van der Waals surface area contributed by atoms with Crippen LogP contribution < -0.4 is 5.56 Å². The number of benzene rings is 3. The zero-order valence-electron chi connectivity index (χ0n) is 21.7. The van der Waals surface area contributed by atoms with Crippen molar-refractivity contribution in [2.24, 2.45) is 7.05 Å². The maximum absolute atomic E-state index is 13.4. The Morgan fingerprint density at radius 1 is 1.03 bits per heavy atom. The Balaban J connectivity index is 1.78. The molecule has 1 atom stereocenters. The van der Waals surface area contributed by atoms with Crippen molar-refractivity contribution in [3.63, 3.8) is 0 Å². The Morgan fingerprint density at radius 3 is 2.47 bits per heavy atom. The fourth-order valence-electron chi connectivity index (χ4n) is 4.96. The molecule has 2 heterocycles. The van der Waals surface area contributed by atoms with Crippen LogP contribution in [0.5, 0.6) is 0 Å². The molecule has 0 spiro atoms. The van der Waals surface area contributed by atoms with E-state index in [-0.39, 0.29) is 11.5 Å². The Kier molecular flexibility index (Phi) is 7.20. The quantitative estimate of drug-likeness (QED) is 0.255. The Morgan fingerprint density at radius 2 is 1.79 bits per heavy atom. The molecule has 190 valence electrons. The standard InChI is InChI=1S/C32H29ClN4O/c1-5-22-7-6-8-24(17-22)27-19-31(38)37(16-15-35(2)3)29-14-11-25(18-28(27)29)32(30-20-34-21-36(30)4)23-9-12-26(33)13-10-23/h1,6-14,17-21,32H,15-16H2,2-4H3/t32-/m0/s1. The van der Waals surface area contributed by atoms with Gasteiger partial charge in [-0.1, -0.05) is 47.9 Å². The molecule has 6 heteroatoms. The van der Waals surface area contributed by atoms with Gasteiger partial charge in [0.1, 0.15) is 0 Å². The molecule has 0 aliphatic heterocycles. The van der Waals surface area contributed by atoms with Crippen LogP contribution in [0.25, 0.3) is 22.0 Å². The third kappa shape index (κ3) is 5.02. The van der Waals surface area contributed by atoms with Crippen molar-refractivity contribution >= 4 is 22.5 Å². The summed E-state index contributed by atoms with van der Waals surface area (Å²) in [6.45, 7) is 1.35. The van der Waals surface area contributed by atoms with Crippen molar-refractivity contribution in [3.05, 3.63) is 123 Å². The van der Waals surface area contributed by atoms with Crippen LogP contribution in [-0.2, 0) is 13.6 Å². The summed E-state index contributed by atoms with van der Waals surface area (Å²) < 4.78 is 3.90. The van der Waals surface area contributed by atoms with E-state index in [2.05, 4.69) is 46.1 Å². The molecule has 0 N–H and O–H groups in total. The largest absolute Gasteiger partial charge is 0.337 e. The summed E-state index contributed by atoms with van der Waals surface area (Å²) in [7, 11) is 6.02. The molecule has 0 bridgehead atoms. The van der Waals surface area contributed by atoms with E-state index in [0.717, 1.165) is 51.0 Å². The lowest BCUT2D eigenvalue weighted by molar-refractivity contribution is 0.384. The molecule has 3 aromatic carbocycles. The van der Waals surface area contributed by atoms with E-state index in [1.807, 2.05) is 79.2 Å². The highest BCUT2D eigenvalue weighted by atomic mass is 35.5. The highest BCUT2D eigenvalue weighted by Gasteiger charge is 2.22. The van der Waals surface area contributed by atoms with Crippen LogP contribution in [0.1, 0.15) is 28.3 Å². The van der Waals surface area contributed by atoms with Crippen molar-refractivity contribution in [1.29, 1.82) is 0 Å². The molecule has 0 radical (unpaired) electrons. The zero-order valence-corrected chi connectivity index (χ0v) is 22.5. The highest BCUT2D eigenvalue weighted by Crippen LogP contribution is 2.36. The number of hydrogen-bond donors (Lipinski definition) is 0. The molecule has 5 rings (SSSR count). The van der Waals surface area contributed by atoms with Gasteiger partial charge in [0, 0.05) is 54.1 Å². The van der Waals surface area contributed by atoms with Gasteiger partial charge in [-0.2, -0.15) is 0 Å². The first-order valence-electron chi connectivity index (χ1n) is 12.5. The van der Waals surface area contributed by atoms with Gasteiger partial charge in [0.15, 0.2) is 0 Å². The second-order valence-electron chi connectivity index (χ2n) is 9.77. The number of hydrogen-bond acceptors (Lipinski definition) is 3. The van der Waals surface area contributed by atoms with Crippen molar-refractivity contribution < 1.29 is 0 Å². The van der Waals surface area contributed by atoms with Gasteiger partial charge in [0.05, 0.1) is 17.8 Å². The van der Waals surface area contributed by atoms with E-state index >= 15 is 0 Å². The van der Waals surface area contributed by atoms with Gasteiger partial charge in [0.25, 0.3) is 5.56 Å². The number of halogens is 1. The van der Waals surface area contributed by atoms with E-state index < -0.39 is 0 Å². The minimum Gasteiger partial charge on any atom is -0.337 e. The second kappa shape index (κ2) is 10.7. The number of nitrogens with zero attached hydrogens (tertiary/aromatic N) is 4. The molecule has 0 saturated heterocycles. The van der Waals surface area contributed by atoms with E-state index in [0.29, 0.717) is 11.6 Å². The van der Waals surface area contributed by atoms with E-state index in [9.17, 15) is 4.79 Å². The molecule has 2 aromatic heterocycles. The van der Waals surface area contributed by atoms with Gasteiger partial charge in [-0.25, -0.2) is 4.98 Å². The zero-order chi connectivity index (χ0) is 26.8. The number of pyridine rings is 1. The van der Waals surface area contributed by atoms with Crippen LogP contribution in [0.2, 0.25) is 5.02 Å². The smallest absolute Gasteiger partial charge is 0.251 e.